The first kappa shape index (κ1) is 75.1. The fourth-order valence-corrected chi connectivity index (χ4v) is 10.8. The number of hydrogen-bond acceptors (Lipinski definition) is 5. The van der Waals surface area contributed by atoms with Gasteiger partial charge in [0.25, 0.3) is 0 Å². The zero-order valence-corrected chi connectivity index (χ0v) is 52.0. The largest absolute Gasteiger partial charge is 0.466 e. The third-order valence-corrected chi connectivity index (χ3v) is 16.2. The van der Waals surface area contributed by atoms with Crippen LogP contribution in [0.25, 0.3) is 0 Å². The van der Waals surface area contributed by atoms with E-state index in [0.717, 1.165) is 51.4 Å². The molecule has 77 heavy (non-hydrogen) atoms. The van der Waals surface area contributed by atoms with Crippen LogP contribution in [0.2, 0.25) is 0 Å². The van der Waals surface area contributed by atoms with Crippen molar-refractivity contribution in [3.8, 4) is 0 Å². The SMILES string of the molecule is CCCCC/C=C\C/C=C\CCCCCCCC(=O)OCCCCCCCCCCCCCC/C=C\CCCCCCCCCCCCCCC(=O)NC(CO)C(O)CCCCCCCCCCCCCCCCCCC. The van der Waals surface area contributed by atoms with Crippen molar-refractivity contribution in [2.75, 3.05) is 13.2 Å². The Morgan fingerprint density at radius 1 is 0.364 bits per heavy atom. The Kier molecular flexibility index (Phi) is 64.9. The van der Waals surface area contributed by atoms with Gasteiger partial charge in [-0.3, -0.25) is 9.59 Å². The highest BCUT2D eigenvalue weighted by atomic mass is 16.5. The summed E-state index contributed by atoms with van der Waals surface area (Å²) in [4.78, 5) is 24.6. The number of ether oxygens (including phenoxy) is 1. The summed E-state index contributed by atoms with van der Waals surface area (Å²) >= 11 is 0. The number of carbonyl (C=O) groups is 2. The van der Waals surface area contributed by atoms with E-state index in [2.05, 4.69) is 55.6 Å². The second-order valence-electron chi connectivity index (χ2n) is 23.9. The lowest BCUT2D eigenvalue weighted by Crippen LogP contribution is -2.45. The molecule has 3 N–H and O–H groups in total. The Morgan fingerprint density at radius 3 is 1.03 bits per heavy atom. The Labute approximate surface area is 481 Å². The van der Waals surface area contributed by atoms with Crippen molar-refractivity contribution in [1.29, 1.82) is 0 Å². The number of carbonyl (C=O) groups excluding carboxylic acids is 2. The molecule has 2 unspecified atom stereocenters. The second kappa shape index (κ2) is 66.6. The van der Waals surface area contributed by atoms with E-state index in [4.69, 9.17) is 4.74 Å². The summed E-state index contributed by atoms with van der Waals surface area (Å²) < 4.78 is 5.48. The number of aliphatic hydroxyl groups is 2. The van der Waals surface area contributed by atoms with Crippen LogP contribution in [0.15, 0.2) is 36.5 Å². The molecular formula is C71H135NO5. The van der Waals surface area contributed by atoms with Crippen LogP contribution in [-0.2, 0) is 14.3 Å². The molecule has 454 valence electrons. The minimum absolute atomic E-state index is 0.00215. The zero-order chi connectivity index (χ0) is 55.7. The quantitative estimate of drug-likeness (QED) is 0.0320. The van der Waals surface area contributed by atoms with Crippen LogP contribution in [0.1, 0.15) is 380 Å². The maximum Gasteiger partial charge on any atom is 0.305 e. The van der Waals surface area contributed by atoms with Gasteiger partial charge in [0.1, 0.15) is 0 Å². The first-order valence-electron chi connectivity index (χ1n) is 34.7. The van der Waals surface area contributed by atoms with Crippen molar-refractivity contribution in [3.63, 3.8) is 0 Å². The minimum Gasteiger partial charge on any atom is -0.466 e. The Balaban J connectivity index is 3.38. The highest BCUT2D eigenvalue weighted by Gasteiger charge is 2.20. The van der Waals surface area contributed by atoms with Gasteiger partial charge in [0, 0.05) is 12.8 Å². The molecule has 6 nitrogen and oxygen atoms in total. The fourth-order valence-electron chi connectivity index (χ4n) is 10.8. The molecule has 6 heteroatoms. The number of rotatable bonds is 65. The van der Waals surface area contributed by atoms with Crippen LogP contribution in [-0.4, -0.2) is 47.4 Å². The van der Waals surface area contributed by atoms with Gasteiger partial charge in [-0.15, -0.1) is 0 Å². The molecule has 0 aliphatic carbocycles. The molecule has 1 amide bonds. The molecule has 0 radical (unpaired) electrons. The smallest absolute Gasteiger partial charge is 0.305 e. The monoisotopic (exact) mass is 1080 g/mol. The van der Waals surface area contributed by atoms with Gasteiger partial charge in [-0.2, -0.15) is 0 Å². The second-order valence-corrected chi connectivity index (χ2v) is 23.9. The molecule has 0 aliphatic heterocycles. The van der Waals surface area contributed by atoms with Crippen molar-refractivity contribution in [3.05, 3.63) is 36.5 Å². The average Bonchev–Trinajstić information content (AvgIpc) is 3.43. The summed E-state index contributed by atoms with van der Waals surface area (Å²) in [5, 5.41) is 23.4. The van der Waals surface area contributed by atoms with Crippen LogP contribution < -0.4 is 5.32 Å². The lowest BCUT2D eigenvalue weighted by molar-refractivity contribution is -0.143. The first-order valence-corrected chi connectivity index (χ1v) is 34.7. The van der Waals surface area contributed by atoms with Crippen molar-refractivity contribution < 1.29 is 24.5 Å². The van der Waals surface area contributed by atoms with E-state index in [1.54, 1.807) is 0 Å². The first-order chi connectivity index (χ1) is 38.0. The maximum atomic E-state index is 12.5. The van der Waals surface area contributed by atoms with E-state index in [0.29, 0.717) is 25.9 Å². The van der Waals surface area contributed by atoms with E-state index < -0.39 is 12.1 Å². The zero-order valence-electron chi connectivity index (χ0n) is 52.0. The molecule has 0 saturated heterocycles. The number of allylic oxidation sites excluding steroid dienone is 6. The van der Waals surface area contributed by atoms with E-state index in [1.165, 1.54) is 295 Å². The van der Waals surface area contributed by atoms with Gasteiger partial charge in [0.15, 0.2) is 0 Å². The maximum absolute atomic E-state index is 12.5. The van der Waals surface area contributed by atoms with Gasteiger partial charge in [0.05, 0.1) is 25.4 Å². The van der Waals surface area contributed by atoms with E-state index in [9.17, 15) is 19.8 Å². The average molecular weight is 1080 g/mol. The van der Waals surface area contributed by atoms with Crippen LogP contribution >= 0.6 is 0 Å². The molecule has 0 heterocycles. The lowest BCUT2D eigenvalue weighted by atomic mass is 10.0. The predicted molar refractivity (Wildman–Crippen MR) is 338 cm³/mol. The summed E-state index contributed by atoms with van der Waals surface area (Å²) in [7, 11) is 0. The van der Waals surface area contributed by atoms with Crippen LogP contribution in [0.5, 0.6) is 0 Å². The molecule has 2 atom stereocenters. The Bertz CT molecular complexity index is 1250. The lowest BCUT2D eigenvalue weighted by Gasteiger charge is -2.22. The number of hydrogen-bond donors (Lipinski definition) is 3. The molecule has 0 rings (SSSR count). The third kappa shape index (κ3) is 63.1. The predicted octanol–water partition coefficient (Wildman–Crippen LogP) is 22.3. The van der Waals surface area contributed by atoms with Gasteiger partial charge < -0.3 is 20.3 Å². The summed E-state index contributed by atoms with van der Waals surface area (Å²) in [6.45, 7) is 4.95. The van der Waals surface area contributed by atoms with Crippen molar-refractivity contribution in [2.45, 2.75) is 392 Å². The van der Waals surface area contributed by atoms with Gasteiger partial charge >= 0.3 is 5.97 Å². The molecule has 0 bridgehead atoms. The molecule has 0 aromatic carbocycles. The standard InChI is InChI=1S/C71H135NO5/c1-3-5-7-9-11-13-15-17-19-32-36-39-43-47-51-55-59-63-69(74)68(67-73)72-70(75)64-60-56-52-48-44-40-37-33-30-28-26-24-22-20-21-23-25-27-29-31-34-38-42-46-50-54-58-62-66-77-71(76)65-61-57-53-49-45-41-35-18-16-14-12-10-8-6-4-2/h12,14,18,20-21,35,68-69,73-74H,3-11,13,15-17,19,22-34,36-67H2,1-2H3,(H,72,75)/b14-12-,21-20-,35-18-. The summed E-state index contributed by atoms with van der Waals surface area (Å²) in [5.74, 6) is -0.0299. The highest BCUT2D eigenvalue weighted by molar-refractivity contribution is 5.76. The topological polar surface area (TPSA) is 95.9 Å². The molecule has 0 aromatic rings. The van der Waals surface area contributed by atoms with Crippen molar-refractivity contribution in [2.24, 2.45) is 0 Å². The number of esters is 1. The van der Waals surface area contributed by atoms with Crippen LogP contribution in [0, 0.1) is 0 Å². The van der Waals surface area contributed by atoms with Crippen LogP contribution in [0.3, 0.4) is 0 Å². The Hall–Kier alpha value is -1.92. The summed E-state index contributed by atoms with van der Waals surface area (Å²) in [6, 6.07) is -0.542. The van der Waals surface area contributed by atoms with Gasteiger partial charge in [0.2, 0.25) is 5.91 Å². The number of amides is 1. The van der Waals surface area contributed by atoms with Crippen molar-refractivity contribution in [1.82, 2.24) is 5.32 Å². The number of aliphatic hydroxyl groups excluding tert-OH is 2. The molecule has 0 spiro atoms. The highest BCUT2D eigenvalue weighted by Crippen LogP contribution is 2.18. The Morgan fingerprint density at radius 2 is 0.649 bits per heavy atom. The van der Waals surface area contributed by atoms with Gasteiger partial charge in [-0.1, -0.05) is 320 Å². The number of unbranched alkanes of at least 4 members (excludes halogenated alkanes) is 48. The minimum atomic E-state index is -0.665. The third-order valence-electron chi connectivity index (χ3n) is 16.2. The molecular weight excluding hydrogens is 947 g/mol. The summed E-state index contributed by atoms with van der Waals surface area (Å²) in [6.07, 6.45) is 84.7. The number of nitrogens with one attached hydrogen (secondary N) is 1. The summed E-state index contributed by atoms with van der Waals surface area (Å²) in [5.41, 5.74) is 0. The molecule has 0 fully saturated rings. The fraction of sp³-hybridized carbons (Fsp3) is 0.887. The van der Waals surface area contributed by atoms with E-state index in [-0.39, 0.29) is 18.5 Å². The van der Waals surface area contributed by atoms with E-state index >= 15 is 0 Å². The normalized spacial score (nSPS) is 12.7. The molecule has 0 aliphatic rings. The van der Waals surface area contributed by atoms with Crippen molar-refractivity contribution >= 4 is 11.9 Å². The molecule has 0 saturated carbocycles. The van der Waals surface area contributed by atoms with Crippen LogP contribution in [0.4, 0.5) is 0 Å². The van der Waals surface area contributed by atoms with Gasteiger partial charge in [-0.25, -0.2) is 0 Å². The van der Waals surface area contributed by atoms with E-state index in [1.807, 2.05) is 0 Å². The van der Waals surface area contributed by atoms with Gasteiger partial charge in [-0.05, 0) is 83.5 Å². The molecule has 0 aromatic heterocycles.